The molecule has 0 aliphatic carbocycles. The number of hydroxylamine groups is 1. The van der Waals surface area contributed by atoms with E-state index in [-0.39, 0.29) is 18.4 Å². The fourth-order valence-electron chi connectivity index (χ4n) is 4.84. The number of imide groups is 1. The van der Waals surface area contributed by atoms with E-state index < -0.39 is 18.1 Å². The van der Waals surface area contributed by atoms with Crippen molar-refractivity contribution in [3.8, 4) is 11.5 Å². The first-order chi connectivity index (χ1) is 17.6. The summed E-state index contributed by atoms with van der Waals surface area (Å²) in [7, 11) is 0. The molecule has 2 fully saturated rings. The summed E-state index contributed by atoms with van der Waals surface area (Å²) in [4.78, 5) is 34.7. The van der Waals surface area contributed by atoms with Gasteiger partial charge in [0.05, 0.1) is 31.5 Å². The van der Waals surface area contributed by atoms with Crippen LogP contribution in [0.2, 0.25) is 0 Å². The molecule has 5 rings (SSSR count). The molecular formula is C29H30N2O5. The second-order valence-electron chi connectivity index (χ2n) is 8.89. The van der Waals surface area contributed by atoms with E-state index in [9.17, 15) is 9.59 Å². The third-order valence-corrected chi connectivity index (χ3v) is 6.47. The quantitative estimate of drug-likeness (QED) is 0.400. The predicted octanol–water partition coefficient (Wildman–Crippen LogP) is 4.92. The van der Waals surface area contributed by atoms with E-state index in [1.165, 1.54) is 4.90 Å². The van der Waals surface area contributed by atoms with Crippen LogP contribution in [0.3, 0.4) is 0 Å². The number of nitrogens with zero attached hydrogens (tertiary/aromatic N) is 2. The number of carbonyl (C=O) groups excluding carboxylic acids is 2. The van der Waals surface area contributed by atoms with Gasteiger partial charge in [0.1, 0.15) is 5.92 Å². The Kier molecular flexibility index (Phi) is 6.91. The Morgan fingerprint density at radius 2 is 1.56 bits per heavy atom. The van der Waals surface area contributed by atoms with Crippen LogP contribution in [0.15, 0.2) is 78.9 Å². The number of anilines is 1. The number of hydrogen-bond donors (Lipinski definition) is 0. The first kappa shape index (κ1) is 23.9. The molecule has 186 valence electrons. The minimum absolute atomic E-state index is 0.223. The molecule has 36 heavy (non-hydrogen) atoms. The fourth-order valence-corrected chi connectivity index (χ4v) is 4.84. The maximum absolute atomic E-state index is 13.7. The fraction of sp³-hybridized carbons (Fsp3) is 0.310. The Morgan fingerprint density at radius 1 is 0.833 bits per heavy atom. The number of para-hydroxylation sites is 1. The molecular weight excluding hydrogens is 456 g/mol. The van der Waals surface area contributed by atoms with Gasteiger partial charge in [-0.05, 0) is 48.7 Å². The zero-order valence-electron chi connectivity index (χ0n) is 20.5. The van der Waals surface area contributed by atoms with E-state index in [2.05, 4.69) is 0 Å². The van der Waals surface area contributed by atoms with Crippen molar-refractivity contribution < 1.29 is 23.9 Å². The third kappa shape index (κ3) is 4.42. The van der Waals surface area contributed by atoms with Crippen LogP contribution >= 0.6 is 0 Å². The van der Waals surface area contributed by atoms with Gasteiger partial charge in [0.15, 0.2) is 17.6 Å². The highest BCUT2D eigenvalue weighted by atomic mass is 16.7. The van der Waals surface area contributed by atoms with E-state index in [1.807, 2.05) is 92.7 Å². The van der Waals surface area contributed by atoms with Crippen molar-refractivity contribution >= 4 is 17.5 Å². The molecule has 3 aromatic carbocycles. The number of carbonyl (C=O) groups is 2. The van der Waals surface area contributed by atoms with Crippen molar-refractivity contribution in [2.24, 2.45) is 5.92 Å². The largest absolute Gasteiger partial charge is 0.490 e. The molecule has 7 heteroatoms. The highest BCUT2D eigenvalue weighted by Crippen LogP contribution is 2.48. The van der Waals surface area contributed by atoms with Crippen molar-refractivity contribution in [3.63, 3.8) is 0 Å². The summed E-state index contributed by atoms with van der Waals surface area (Å²) in [5, 5.41) is 1.70. The number of rotatable bonds is 9. The SMILES string of the molecule is CCCOc1ccc([C@H]2[C@@H]3C(=O)N(Cc4ccccc4)C(=O)[C@H]3ON2c2ccccc2)cc1OCC. The molecule has 2 aliphatic heterocycles. The first-order valence-electron chi connectivity index (χ1n) is 12.4. The summed E-state index contributed by atoms with van der Waals surface area (Å²) in [5.74, 6) is 0.0339. The van der Waals surface area contributed by atoms with Gasteiger partial charge in [-0.15, -0.1) is 0 Å². The lowest BCUT2D eigenvalue weighted by atomic mass is 9.90. The Morgan fingerprint density at radius 3 is 2.25 bits per heavy atom. The Balaban J connectivity index is 1.53. The maximum atomic E-state index is 13.7. The second-order valence-corrected chi connectivity index (χ2v) is 8.89. The van der Waals surface area contributed by atoms with Gasteiger partial charge in [0, 0.05) is 0 Å². The number of ether oxygens (including phenoxy) is 2. The van der Waals surface area contributed by atoms with Gasteiger partial charge < -0.3 is 9.47 Å². The number of hydrogen-bond acceptors (Lipinski definition) is 6. The van der Waals surface area contributed by atoms with Crippen LogP contribution in [0.5, 0.6) is 11.5 Å². The molecule has 0 radical (unpaired) electrons. The van der Waals surface area contributed by atoms with Crippen LogP contribution in [0.25, 0.3) is 0 Å². The summed E-state index contributed by atoms with van der Waals surface area (Å²) >= 11 is 0. The summed E-state index contributed by atoms with van der Waals surface area (Å²) in [6.07, 6.45) is -0.0126. The molecule has 0 spiro atoms. The summed E-state index contributed by atoms with van der Waals surface area (Å²) < 4.78 is 11.8. The van der Waals surface area contributed by atoms with Gasteiger partial charge in [-0.1, -0.05) is 61.5 Å². The van der Waals surface area contributed by atoms with Crippen LogP contribution in [0, 0.1) is 5.92 Å². The van der Waals surface area contributed by atoms with E-state index in [4.69, 9.17) is 14.3 Å². The lowest BCUT2D eigenvalue weighted by molar-refractivity contribution is -0.143. The smallest absolute Gasteiger partial charge is 0.262 e. The molecule has 0 unspecified atom stereocenters. The van der Waals surface area contributed by atoms with Gasteiger partial charge in [-0.2, -0.15) is 0 Å². The normalized spacial score (nSPS) is 21.1. The molecule has 0 saturated carbocycles. The molecule has 2 heterocycles. The first-order valence-corrected chi connectivity index (χ1v) is 12.4. The molecule has 0 aromatic heterocycles. The van der Waals surface area contributed by atoms with Crippen LogP contribution in [0.4, 0.5) is 5.69 Å². The zero-order chi connectivity index (χ0) is 25.1. The van der Waals surface area contributed by atoms with E-state index in [0.29, 0.717) is 24.7 Å². The van der Waals surface area contributed by atoms with Crippen LogP contribution in [-0.2, 0) is 21.0 Å². The van der Waals surface area contributed by atoms with Crippen LogP contribution < -0.4 is 14.5 Å². The van der Waals surface area contributed by atoms with Crippen LogP contribution in [-0.4, -0.2) is 36.0 Å². The third-order valence-electron chi connectivity index (χ3n) is 6.47. The Hall–Kier alpha value is -3.84. The lowest BCUT2D eigenvalue weighted by Crippen LogP contribution is -2.36. The monoisotopic (exact) mass is 486 g/mol. The molecule has 2 amide bonds. The lowest BCUT2D eigenvalue weighted by Gasteiger charge is -2.29. The topological polar surface area (TPSA) is 68.3 Å². The van der Waals surface area contributed by atoms with Gasteiger partial charge >= 0.3 is 0 Å². The Bertz CT molecular complexity index is 1220. The summed E-state index contributed by atoms with van der Waals surface area (Å²) in [6.45, 7) is 5.24. The van der Waals surface area contributed by atoms with Gasteiger partial charge in [0.2, 0.25) is 5.91 Å². The maximum Gasteiger partial charge on any atom is 0.262 e. The molecule has 3 atom stereocenters. The van der Waals surface area contributed by atoms with Crippen molar-refractivity contribution in [2.45, 2.75) is 39.0 Å². The number of amides is 2. The predicted molar refractivity (Wildman–Crippen MR) is 135 cm³/mol. The highest BCUT2D eigenvalue weighted by Gasteiger charge is 2.59. The van der Waals surface area contributed by atoms with Crippen molar-refractivity contribution in [1.29, 1.82) is 0 Å². The minimum Gasteiger partial charge on any atom is -0.490 e. The average molecular weight is 487 g/mol. The van der Waals surface area contributed by atoms with Crippen LogP contribution in [0.1, 0.15) is 37.4 Å². The summed E-state index contributed by atoms with van der Waals surface area (Å²) in [5.41, 5.74) is 2.49. The Labute approximate surface area is 211 Å². The molecule has 7 nitrogen and oxygen atoms in total. The van der Waals surface area contributed by atoms with Gasteiger partial charge in [-0.25, -0.2) is 5.06 Å². The zero-order valence-corrected chi connectivity index (χ0v) is 20.5. The van der Waals surface area contributed by atoms with Gasteiger partial charge in [0.25, 0.3) is 5.91 Å². The number of benzene rings is 3. The highest BCUT2D eigenvalue weighted by molar-refractivity contribution is 6.07. The molecule has 2 saturated heterocycles. The van der Waals surface area contributed by atoms with Crippen molar-refractivity contribution in [2.75, 3.05) is 18.3 Å². The van der Waals surface area contributed by atoms with Crippen molar-refractivity contribution in [1.82, 2.24) is 4.90 Å². The molecule has 0 bridgehead atoms. The second kappa shape index (κ2) is 10.4. The van der Waals surface area contributed by atoms with E-state index in [1.54, 1.807) is 5.06 Å². The summed E-state index contributed by atoms with van der Waals surface area (Å²) in [6, 6.07) is 24.3. The van der Waals surface area contributed by atoms with Gasteiger partial charge in [-0.3, -0.25) is 19.3 Å². The molecule has 3 aromatic rings. The minimum atomic E-state index is -0.891. The van der Waals surface area contributed by atoms with E-state index >= 15 is 0 Å². The van der Waals surface area contributed by atoms with Crippen molar-refractivity contribution in [3.05, 3.63) is 90.0 Å². The van der Waals surface area contributed by atoms with E-state index in [0.717, 1.165) is 23.2 Å². The number of likely N-dealkylation sites (tertiary alicyclic amines) is 1. The molecule has 2 aliphatic rings. The number of fused-ring (bicyclic) bond motifs is 1. The average Bonchev–Trinajstić information content (AvgIpc) is 3.41. The molecule has 0 N–H and O–H groups in total. The standard InChI is InChI=1S/C29H30N2O5/c1-3-17-35-23-16-15-21(18-24(23)34-4-2)26-25-27(36-31(26)22-13-9-6-10-14-22)29(33)30(28(25)32)19-20-11-7-5-8-12-20/h5-16,18,25-27H,3-4,17,19H2,1-2H3/t25-,26-,27-/m0/s1.